The van der Waals surface area contributed by atoms with Gasteiger partial charge in [0, 0.05) is 11.8 Å². The van der Waals surface area contributed by atoms with Crippen molar-refractivity contribution in [1.29, 1.82) is 0 Å². The Morgan fingerprint density at radius 2 is 1.86 bits per heavy atom. The second-order valence-corrected chi connectivity index (χ2v) is 9.90. The average molecular weight is 302 g/mol. The van der Waals surface area contributed by atoms with Crippen molar-refractivity contribution in [3.8, 4) is 0 Å². The number of hydrogen-bond donors (Lipinski definition) is 1. The summed E-state index contributed by atoms with van der Waals surface area (Å²) in [5.74, 6) is 3.70. The van der Waals surface area contributed by atoms with Crippen molar-refractivity contribution in [2.75, 3.05) is 0 Å². The summed E-state index contributed by atoms with van der Waals surface area (Å²) in [6, 6.07) is 0. The third-order valence-electron chi connectivity index (χ3n) is 9.49. The van der Waals surface area contributed by atoms with E-state index in [1.165, 1.54) is 25.7 Å². The van der Waals surface area contributed by atoms with Crippen LogP contribution in [0.5, 0.6) is 0 Å². The quantitative estimate of drug-likeness (QED) is 0.735. The zero-order valence-electron chi connectivity index (χ0n) is 14.1. The number of fused-ring (bicyclic) bond motifs is 4. The molecule has 0 aromatic carbocycles. The molecule has 0 heterocycles. The highest BCUT2D eigenvalue weighted by Gasteiger charge is 2.73. The van der Waals surface area contributed by atoms with Crippen molar-refractivity contribution in [2.24, 2.45) is 39.9 Å². The maximum absolute atomic E-state index is 12.5. The summed E-state index contributed by atoms with van der Waals surface area (Å²) in [4.78, 5) is 12.5. The summed E-state index contributed by atoms with van der Waals surface area (Å²) in [5.41, 5.74) is 0.940. The molecule has 0 amide bonds. The van der Waals surface area contributed by atoms with Gasteiger partial charge in [0.15, 0.2) is 0 Å². The summed E-state index contributed by atoms with van der Waals surface area (Å²) < 4.78 is 0. The average Bonchev–Trinajstić information content (AvgIpc) is 3.08. The minimum absolute atomic E-state index is 0.0145. The van der Waals surface area contributed by atoms with Crippen LogP contribution in [0.4, 0.5) is 0 Å². The van der Waals surface area contributed by atoms with E-state index >= 15 is 0 Å². The Morgan fingerprint density at radius 1 is 1.05 bits per heavy atom. The highest BCUT2D eigenvalue weighted by Crippen LogP contribution is 2.80. The molecule has 5 fully saturated rings. The van der Waals surface area contributed by atoms with E-state index in [0.29, 0.717) is 22.5 Å². The first-order valence-electron chi connectivity index (χ1n) is 9.62. The van der Waals surface area contributed by atoms with Gasteiger partial charge in [0.05, 0.1) is 6.10 Å². The van der Waals surface area contributed by atoms with Crippen LogP contribution in [0.3, 0.4) is 0 Å². The lowest BCUT2D eigenvalue weighted by molar-refractivity contribution is -0.145. The van der Waals surface area contributed by atoms with Gasteiger partial charge >= 0.3 is 0 Å². The molecule has 0 unspecified atom stereocenters. The van der Waals surface area contributed by atoms with Gasteiger partial charge in [-0.25, -0.2) is 0 Å². The number of ketones is 1. The van der Waals surface area contributed by atoms with Gasteiger partial charge in [-0.1, -0.05) is 13.8 Å². The molecule has 1 N–H and O–H groups in total. The van der Waals surface area contributed by atoms with Crippen LogP contribution >= 0.6 is 0 Å². The van der Waals surface area contributed by atoms with Crippen LogP contribution in [0, 0.1) is 39.9 Å². The lowest BCUT2D eigenvalue weighted by atomic mass is 9.44. The highest BCUT2D eigenvalue weighted by molar-refractivity contribution is 5.87. The first kappa shape index (κ1) is 14.0. The van der Waals surface area contributed by atoms with Crippen LogP contribution in [0.15, 0.2) is 0 Å². The first-order chi connectivity index (χ1) is 10.4. The molecule has 122 valence electrons. The molecule has 0 aromatic heterocycles. The Hall–Kier alpha value is -0.370. The van der Waals surface area contributed by atoms with Crippen LogP contribution in [-0.4, -0.2) is 17.0 Å². The molecule has 0 aromatic rings. The Kier molecular flexibility index (Phi) is 2.54. The van der Waals surface area contributed by atoms with Crippen molar-refractivity contribution >= 4 is 5.78 Å². The van der Waals surface area contributed by atoms with E-state index in [-0.39, 0.29) is 11.5 Å². The number of aliphatic hydroxyl groups is 1. The SMILES string of the molecule is C[C@]12CC[C@H]3[C@@H](C[C@H]4C[C@]45C[C@H](O)CC[C@]35C)[C@@H]1CCC2=O. The van der Waals surface area contributed by atoms with Gasteiger partial charge in [-0.2, -0.15) is 0 Å². The van der Waals surface area contributed by atoms with E-state index in [9.17, 15) is 9.90 Å². The second-order valence-electron chi connectivity index (χ2n) is 9.90. The number of carbonyl (C=O) groups is 1. The lowest BCUT2D eigenvalue weighted by Gasteiger charge is -2.60. The van der Waals surface area contributed by atoms with E-state index in [0.717, 1.165) is 49.9 Å². The van der Waals surface area contributed by atoms with Crippen LogP contribution in [0.1, 0.15) is 71.6 Å². The molecular weight excluding hydrogens is 272 g/mol. The molecule has 0 radical (unpaired) electrons. The smallest absolute Gasteiger partial charge is 0.139 e. The number of aliphatic hydroxyl groups excluding tert-OH is 1. The van der Waals surface area contributed by atoms with Crippen molar-refractivity contribution in [3.63, 3.8) is 0 Å². The van der Waals surface area contributed by atoms with Gasteiger partial charge in [-0.05, 0) is 85.9 Å². The number of hydrogen-bond acceptors (Lipinski definition) is 2. The normalized spacial score (nSPS) is 62.7. The van der Waals surface area contributed by atoms with E-state index in [1.54, 1.807) is 0 Å². The predicted octanol–water partition coefficient (Wildman–Crippen LogP) is 3.96. The lowest BCUT2D eigenvalue weighted by Crippen LogP contribution is -2.55. The molecular formula is C20H30O2. The highest BCUT2D eigenvalue weighted by atomic mass is 16.3. The van der Waals surface area contributed by atoms with Gasteiger partial charge in [-0.3, -0.25) is 4.79 Å². The van der Waals surface area contributed by atoms with Crippen molar-refractivity contribution in [2.45, 2.75) is 77.7 Å². The molecule has 1 spiro atoms. The van der Waals surface area contributed by atoms with E-state index in [4.69, 9.17) is 0 Å². The second kappa shape index (κ2) is 3.99. The largest absolute Gasteiger partial charge is 0.393 e. The zero-order valence-corrected chi connectivity index (χ0v) is 14.1. The maximum atomic E-state index is 12.5. The van der Waals surface area contributed by atoms with Crippen molar-refractivity contribution < 1.29 is 9.90 Å². The fourth-order valence-corrected chi connectivity index (χ4v) is 8.17. The molecule has 0 saturated heterocycles. The summed E-state index contributed by atoms with van der Waals surface area (Å²) in [6.45, 7) is 4.85. The molecule has 22 heavy (non-hydrogen) atoms. The van der Waals surface area contributed by atoms with Crippen LogP contribution < -0.4 is 0 Å². The molecule has 0 bridgehead atoms. The third kappa shape index (κ3) is 1.41. The maximum Gasteiger partial charge on any atom is 0.139 e. The minimum atomic E-state index is -0.0449. The van der Waals surface area contributed by atoms with Crippen LogP contribution in [0.25, 0.3) is 0 Å². The standard InChI is InChI=1S/C20H30O2/c1-18-7-6-16-14(15(18)3-4-17(18)22)9-12-10-20(12)11-13(21)5-8-19(16,20)2/h12-16,21H,3-11H2,1-2H3/t12-,13+,14-,15-,16-,18-,19+,20-/m0/s1. The summed E-state index contributed by atoms with van der Waals surface area (Å²) >= 11 is 0. The van der Waals surface area contributed by atoms with Crippen molar-refractivity contribution in [1.82, 2.24) is 0 Å². The number of Topliss-reactive ketones (excluding diaryl/α,β-unsaturated/α-hetero) is 1. The molecule has 0 aliphatic heterocycles. The minimum Gasteiger partial charge on any atom is -0.393 e. The van der Waals surface area contributed by atoms with Crippen LogP contribution in [-0.2, 0) is 4.79 Å². The van der Waals surface area contributed by atoms with E-state index < -0.39 is 0 Å². The summed E-state index contributed by atoms with van der Waals surface area (Å²) in [5, 5.41) is 10.2. The number of carbonyl (C=O) groups excluding carboxylic acids is 1. The third-order valence-corrected chi connectivity index (χ3v) is 9.49. The van der Waals surface area contributed by atoms with Gasteiger partial charge in [-0.15, -0.1) is 0 Å². The topological polar surface area (TPSA) is 37.3 Å². The van der Waals surface area contributed by atoms with Crippen LogP contribution in [0.2, 0.25) is 0 Å². The predicted molar refractivity (Wildman–Crippen MR) is 85.2 cm³/mol. The molecule has 8 atom stereocenters. The fourth-order valence-electron chi connectivity index (χ4n) is 8.17. The van der Waals surface area contributed by atoms with Gasteiger partial charge in [0.25, 0.3) is 0 Å². The summed E-state index contributed by atoms with van der Waals surface area (Å²) in [7, 11) is 0. The van der Waals surface area contributed by atoms with E-state index in [1.807, 2.05) is 0 Å². The molecule has 5 aliphatic carbocycles. The monoisotopic (exact) mass is 302 g/mol. The molecule has 5 saturated carbocycles. The molecule has 5 aliphatic rings. The van der Waals surface area contributed by atoms with Gasteiger partial charge in [0.1, 0.15) is 5.78 Å². The number of rotatable bonds is 0. The molecule has 2 nitrogen and oxygen atoms in total. The Balaban J connectivity index is 1.53. The Labute approximate surface area is 134 Å². The Morgan fingerprint density at radius 3 is 2.68 bits per heavy atom. The fraction of sp³-hybridized carbons (Fsp3) is 0.950. The molecule has 5 rings (SSSR count). The van der Waals surface area contributed by atoms with Crippen molar-refractivity contribution in [3.05, 3.63) is 0 Å². The van der Waals surface area contributed by atoms with E-state index in [2.05, 4.69) is 13.8 Å². The zero-order chi connectivity index (χ0) is 15.3. The van der Waals surface area contributed by atoms with Gasteiger partial charge in [0.2, 0.25) is 0 Å². The molecule has 2 heteroatoms. The first-order valence-corrected chi connectivity index (χ1v) is 9.62. The summed E-state index contributed by atoms with van der Waals surface area (Å²) in [6.07, 6.45) is 10.4. The van der Waals surface area contributed by atoms with Gasteiger partial charge < -0.3 is 5.11 Å². The Bertz CT molecular complexity index is 542.